The maximum absolute atomic E-state index is 10.7. The first-order valence-corrected chi connectivity index (χ1v) is 13.5. The Kier molecular flexibility index (Phi) is 12.9. The number of unbranched alkanes of at least 4 members (excludes halogenated alkanes) is 1. The lowest BCUT2D eigenvalue weighted by atomic mass is 9.90. The third-order valence-electron chi connectivity index (χ3n) is 7.43. The SMILES string of the molecule is C/C(=C\CC/C=C(\C)CC[C@@H](O)[C@]1(C)CC[C@H](C(C)(C)O)O1)CC/C=C(\C)CC[C@@H](O)C(C)(C)O. The molecule has 5 nitrogen and oxygen atoms in total. The minimum Gasteiger partial charge on any atom is -0.390 e. The van der Waals surface area contributed by atoms with E-state index < -0.39 is 29.0 Å². The molecular formula is C30H54O5. The molecule has 0 aromatic heterocycles. The zero-order chi connectivity index (χ0) is 26.9. The summed E-state index contributed by atoms with van der Waals surface area (Å²) < 4.78 is 6.06. The summed E-state index contributed by atoms with van der Waals surface area (Å²) in [6.07, 6.45) is 13.9. The van der Waals surface area contributed by atoms with Crippen molar-refractivity contribution in [2.75, 3.05) is 0 Å². The fraction of sp³-hybridized carbons (Fsp3) is 0.800. The summed E-state index contributed by atoms with van der Waals surface area (Å²) in [6, 6.07) is 0. The van der Waals surface area contributed by atoms with Gasteiger partial charge in [0.25, 0.3) is 0 Å². The highest BCUT2D eigenvalue weighted by molar-refractivity contribution is 5.06. The van der Waals surface area contributed by atoms with E-state index in [1.54, 1.807) is 27.7 Å². The van der Waals surface area contributed by atoms with E-state index >= 15 is 0 Å². The Morgan fingerprint density at radius 2 is 1.34 bits per heavy atom. The molecule has 0 amide bonds. The number of aliphatic hydroxyl groups is 4. The molecule has 0 saturated carbocycles. The van der Waals surface area contributed by atoms with Crippen molar-refractivity contribution >= 4 is 0 Å². The molecule has 4 N–H and O–H groups in total. The van der Waals surface area contributed by atoms with Crippen molar-refractivity contribution in [2.24, 2.45) is 0 Å². The average Bonchev–Trinajstić information content (AvgIpc) is 3.16. The number of rotatable bonds is 15. The molecule has 0 unspecified atom stereocenters. The monoisotopic (exact) mass is 494 g/mol. The Morgan fingerprint density at radius 1 is 0.857 bits per heavy atom. The van der Waals surface area contributed by atoms with E-state index in [0.29, 0.717) is 12.8 Å². The highest BCUT2D eigenvalue weighted by atomic mass is 16.5. The van der Waals surface area contributed by atoms with Gasteiger partial charge in [-0.05, 0) is 120 Å². The molecule has 0 aromatic rings. The molecule has 0 radical (unpaired) electrons. The molecule has 1 rings (SSSR count). The van der Waals surface area contributed by atoms with Crippen molar-refractivity contribution in [3.63, 3.8) is 0 Å². The van der Waals surface area contributed by atoms with Crippen LogP contribution in [0.4, 0.5) is 0 Å². The van der Waals surface area contributed by atoms with Crippen molar-refractivity contribution in [1.29, 1.82) is 0 Å². The summed E-state index contributed by atoms with van der Waals surface area (Å²) >= 11 is 0. The van der Waals surface area contributed by atoms with E-state index in [1.807, 2.05) is 6.92 Å². The smallest absolute Gasteiger partial charge is 0.0918 e. The highest BCUT2D eigenvalue weighted by Gasteiger charge is 2.46. The second kappa shape index (κ2) is 14.1. The molecule has 0 spiro atoms. The van der Waals surface area contributed by atoms with Crippen LogP contribution in [0.3, 0.4) is 0 Å². The molecule has 1 aliphatic heterocycles. The van der Waals surface area contributed by atoms with Gasteiger partial charge in [-0.2, -0.15) is 0 Å². The van der Waals surface area contributed by atoms with Crippen LogP contribution in [-0.2, 0) is 4.74 Å². The number of hydrogen-bond acceptors (Lipinski definition) is 5. The summed E-state index contributed by atoms with van der Waals surface area (Å²) in [5, 5.41) is 40.7. The summed E-state index contributed by atoms with van der Waals surface area (Å²) in [5.74, 6) is 0. The standard InChI is InChI=1S/C30H54O5/c1-22(14-11-15-24(3)16-18-25(31)28(4,5)33)12-9-10-13-23(2)17-19-26(32)30(8)21-20-27(35-30)29(6,7)34/h12-13,15,25-27,31-34H,9-11,14,16-21H2,1-8H3/b22-12+,23-13+,24-15+/t25-,26-,27-,30+/m1/s1. The van der Waals surface area contributed by atoms with Gasteiger partial charge in [-0.3, -0.25) is 0 Å². The van der Waals surface area contributed by atoms with Gasteiger partial charge in [0, 0.05) is 0 Å². The molecule has 1 aliphatic rings. The third kappa shape index (κ3) is 12.2. The predicted octanol–water partition coefficient (Wildman–Crippen LogP) is 6.15. The number of hydrogen-bond donors (Lipinski definition) is 4. The Hall–Kier alpha value is -0.980. The van der Waals surface area contributed by atoms with Crippen molar-refractivity contribution in [3.8, 4) is 0 Å². The zero-order valence-electron chi connectivity index (χ0n) is 23.7. The van der Waals surface area contributed by atoms with Gasteiger partial charge in [-0.15, -0.1) is 0 Å². The van der Waals surface area contributed by atoms with Crippen molar-refractivity contribution in [1.82, 2.24) is 0 Å². The Labute approximate surface area is 215 Å². The van der Waals surface area contributed by atoms with Gasteiger partial charge in [0.1, 0.15) is 0 Å². The van der Waals surface area contributed by atoms with Gasteiger partial charge in [0.05, 0.1) is 35.1 Å². The summed E-state index contributed by atoms with van der Waals surface area (Å²) in [7, 11) is 0. The molecular weight excluding hydrogens is 440 g/mol. The van der Waals surface area contributed by atoms with E-state index in [0.717, 1.165) is 51.4 Å². The van der Waals surface area contributed by atoms with E-state index in [-0.39, 0.29) is 6.10 Å². The van der Waals surface area contributed by atoms with Crippen LogP contribution in [0, 0.1) is 0 Å². The molecule has 204 valence electrons. The predicted molar refractivity (Wildman–Crippen MR) is 145 cm³/mol. The quantitative estimate of drug-likeness (QED) is 0.162. The van der Waals surface area contributed by atoms with Crippen LogP contribution in [-0.4, -0.2) is 55.5 Å². The van der Waals surface area contributed by atoms with E-state index in [4.69, 9.17) is 4.74 Å². The van der Waals surface area contributed by atoms with Crippen molar-refractivity contribution in [3.05, 3.63) is 34.9 Å². The molecule has 0 aliphatic carbocycles. The van der Waals surface area contributed by atoms with Gasteiger partial charge >= 0.3 is 0 Å². The lowest BCUT2D eigenvalue weighted by Crippen LogP contribution is -2.43. The maximum atomic E-state index is 10.7. The van der Waals surface area contributed by atoms with Crippen LogP contribution >= 0.6 is 0 Å². The Bertz CT molecular complexity index is 722. The normalized spacial score (nSPS) is 24.7. The first-order valence-electron chi connectivity index (χ1n) is 13.5. The molecule has 0 bridgehead atoms. The average molecular weight is 495 g/mol. The zero-order valence-corrected chi connectivity index (χ0v) is 23.7. The van der Waals surface area contributed by atoms with Crippen LogP contribution < -0.4 is 0 Å². The number of ether oxygens (including phenoxy) is 1. The van der Waals surface area contributed by atoms with E-state index in [1.165, 1.54) is 16.7 Å². The molecule has 0 aromatic carbocycles. The van der Waals surface area contributed by atoms with Gasteiger partial charge in [-0.25, -0.2) is 0 Å². The summed E-state index contributed by atoms with van der Waals surface area (Å²) in [4.78, 5) is 0. The van der Waals surface area contributed by atoms with E-state index in [2.05, 4.69) is 39.0 Å². The molecule has 5 heteroatoms. The van der Waals surface area contributed by atoms with Gasteiger partial charge in [0.2, 0.25) is 0 Å². The molecule has 1 fully saturated rings. The van der Waals surface area contributed by atoms with Gasteiger partial charge in [0.15, 0.2) is 0 Å². The number of allylic oxidation sites excluding steroid dienone is 6. The molecule has 4 atom stereocenters. The minimum absolute atomic E-state index is 0.222. The van der Waals surface area contributed by atoms with Gasteiger partial charge < -0.3 is 25.2 Å². The Balaban J connectivity index is 2.31. The fourth-order valence-corrected chi connectivity index (χ4v) is 4.50. The van der Waals surface area contributed by atoms with Crippen LogP contribution in [0.2, 0.25) is 0 Å². The third-order valence-corrected chi connectivity index (χ3v) is 7.43. The van der Waals surface area contributed by atoms with E-state index in [9.17, 15) is 20.4 Å². The van der Waals surface area contributed by atoms with Crippen LogP contribution in [0.25, 0.3) is 0 Å². The highest BCUT2D eigenvalue weighted by Crippen LogP contribution is 2.38. The van der Waals surface area contributed by atoms with Crippen molar-refractivity contribution < 1.29 is 25.2 Å². The van der Waals surface area contributed by atoms with Gasteiger partial charge in [-0.1, -0.05) is 34.9 Å². The first kappa shape index (κ1) is 32.0. The number of aliphatic hydroxyl groups excluding tert-OH is 2. The fourth-order valence-electron chi connectivity index (χ4n) is 4.50. The second-order valence-corrected chi connectivity index (χ2v) is 12.1. The second-order valence-electron chi connectivity index (χ2n) is 12.1. The topological polar surface area (TPSA) is 90.2 Å². The van der Waals surface area contributed by atoms with Crippen LogP contribution in [0.15, 0.2) is 34.9 Å². The minimum atomic E-state index is -1.05. The molecule has 1 heterocycles. The maximum Gasteiger partial charge on any atom is 0.0918 e. The lowest BCUT2D eigenvalue weighted by Gasteiger charge is -2.33. The first-order chi connectivity index (χ1) is 16.0. The summed E-state index contributed by atoms with van der Waals surface area (Å²) in [6.45, 7) is 15.2. The Morgan fingerprint density at radius 3 is 1.83 bits per heavy atom. The summed E-state index contributed by atoms with van der Waals surface area (Å²) in [5.41, 5.74) is 1.44. The largest absolute Gasteiger partial charge is 0.390 e. The van der Waals surface area contributed by atoms with Crippen molar-refractivity contribution in [2.45, 2.75) is 155 Å². The van der Waals surface area contributed by atoms with Crippen LogP contribution in [0.1, 0.15) is 120 Å². The lowest BCUT2D eigenvalue weighted by molar-refractivity contribution is -0.153. The molecule has 35 heavy (non-hydrogen) atoms. The van der Waals surface area contributed by atoms with Crippen LogP contribution in [0.5, 0.6) is 0 Å². The molecule has 1 saturated heterocycles.